The van der Waals surface area contributed by atoms with Crippen molar-refractivity contribution in [3.63, 3.8) is 0 Å². The van der Waals surface area contributed by atoms with Crippen LogP contribution in [0.4, 0.5) is 0 Å². The van der Waals surface area contributed by atoms with Gasteiger partial charge in [0, 0.05) is 42.8 Å². The number of morpholine rings is 1. The molecule has 182 valence electrons. The molecule has 3 aliphatic heterocycles. The van der Waals surface area contributed by atoms with Gasteiger partial charge in [-0.25, -0.2) is 0 Å². The van der Waals surface area contributed by atoms with Crippen LogP contribution in [0.5, 0.6) is 0 Å². The summed E-state index contributed by atoms with van der Waals surface area (Å²) in [4.78, 5) is 30.3. The summed E-state index contributed by atoms with van der Waals surface area (Å²) in [5.74, 6) is -0.00263. The molecule has 0 atom stereocenters. The highest BCUT2D eigenvalue weighted by atomic mass is 35.5. The molecule has 2 saturated heterocycles. The third kappa shape index (κ3) is 4.01. The van der Waals surface area contributed by atoms with Gasteiger partial charge < -0.3 is 23.8 Å². The van der Waals surface area contributed by atoms with Crippen LogP contribution >= 0.6 is 11.6 Å². The molecule has 1 aromatic heterocycles. The monoisotopic (exact) mass is 493 g/mol. The van der Waals surface area contributed by atoms with Crippen molar-refractivity contribution in [2.45, 2.75) is 31.6 Å². The van der Waals surface area contributed by atoms with Crippen LogP contribution in [0.3, 0.4) is 0 Å². The van der Waals surface area contributed by atoms with E-state index in [2.05, 4.69) is 18.2 Å². The molecule has 2 aromatic carbocycles. The first-order valence-corrected chi connectivity index (χ1v) is 12.6. The van der Waals surface area contributed by atoms with Gasteiger partial charge in [0.2, 0.25) is 5.91 Å². The number of hydrogen-bond donors (Lipinski definition) is 0. The minimum absolute atomic E-state index is 0.0149. The Morgan fingerprint density at radius 2 is 1.74 bits per heavy atom. The van der Waals surface area contributed by atoms with E-state index >= 15 is 0 Å². The highest BCUT2D eigenvalue weighted by Crippen LogP contribution is 2.44. The first-order valence-electron chi connectivity index (χ1n) is 12.2. The Labute approximate surface area is 209 Å². The molecule has 3 aliphatic rings. The number of aromatic nitrogens is 1. The van der Waals surface area contributed by atoms with Gasteiger partial charge in [0.25, 0.3) is 5.91 Å². The van der Waals surface area contributed by atoms with Crippen LogP contribution in [-0.2, 0) is 33.0 Å². The third-order valence-corrected chi connectivity index (χ3v) is 7.85. The fourth-order valence-electron chi connectivity index (χ4n) is 5.66. The van der Waals surface area contributed by atoms with Crippen molar-refractivity contribution in [1.82, 2.24) is 14.4 Å². The molecule has 0 radical (unpaired) electrons. The number of rotatable bonds is 3. The van der Waals surface area contributed by atoms with Crippen molar-refractivity contribution in [3.05, 3.63) is 70.4 Å². The second kappa shape index (κ2) is 8.97. The fraction of sp³-hybridized carbons (Fsp3) is 0.407. The van der Waals surface area contributed by atoms with Crippen LogP contribution in [-0.4, -0.2) is 65.6 Å². The summed E-state index contributed by atoms with van der Waals surface area (Å²) in [6, 6.07) is 13.9. The number of halogens is 1. The van der Waals surface area contributed by atoms with E-state index in [9.17, 15) is 9.59 Å². The van der Waals surface area contributed by atoms with Gasteiger partial charge in [-0.3, -0.25) is 9.59 Å². The number of carbonyl (C=O) groups is 2. The Kier molecular flexibility index (Phi) is 5.79. The molecular weight excluding hydrogens is 466 g/mol. The Bertz CT molecular complexity index is 1290. The second-order valence-electron chi connectivity index (χ2n) is 9.56. The molecule has 0 aliphatic carbocycles. The smallest absolute Gasteiger partial charge is 0.256 e. The second-order valence-corrected chi connectivity index (χ2v) is 9.99. The van der Waals surface area contributed by atoms with Crippen molar-refractivity contribution < 1.29 is 19.1 Å². The highest BCUT2D eigenvalue weighted by molar-refractivity contribution is 6.31. The summed E-state index contributed by atoms with van der Waals surface area (Å²) >= 11 is 6.29. The van der Waals surface area contributed by atoms with Gasteiger partial charge in [-0.1, -0.05) is 41.9 Å². The molecule has 0 N–H and O–H groups in total. The van der Waals surface area contributed by atoms with Gasteiger partial charge >= 0.3 is 0 Å². The Morgan fingerprint density at radius 1 is 0.971 bits per heavy atom. The molecule has 6 rings (SSSR count). The van der Waals surface area contributed by atoms with Crippen molar-refractivity contribution in [3.8, 4) is 0 Å². The van der Waals surface area contributed by atoms with E-state index in [-0.39, 0.29) is 24.0 Å². The molecule has 0 saturated carbocycles. The van der Waals surface area contributed by atoms with Crippen molar-refractivity contribution >= 4 is 34.3 Å². The highest BCUT2D eigenvalue weighted by Gasteiger charge is 2.43. The van der Waals surface area contributed by atoms with E-state index in [0.29, 0.717) is 56.6 Å². The van der Waals surface area contributed by atoms with Crippen molar-refractivity contribution in [2.75, 3.05) is 39.4 Å². The zero-order valence-corrected chi connectivity index (χ0v) is 20.3. The molecule has 3 aromatic rings. The molecule has 1 spiro atoms. The molecular formula is C27H28ClN3O4. The quantitative estimate of drug-likeness (QED) is 0.556. The number of benzene rings is 2. The van der Waals surface area contributed by atoms with Crippen LogP contribution in [0.2, 0.25) is 5.02 Å². The lowest BCUT2D eigenvalue weighted by Crippen LogP contribution is -2.45. The van der Waals surface area contributed by atoms with Gasteiger partial charge in [-0.15, -0.1) is 0 Å². The number of hydrogen-bond acceptors (Lipinski definition) is 4. The van der Waals surface area contributed by atoms with E-state index in [4.69, 9.17) is 21.1 Å². The fourth-order valence-corrected chi connectivity index (χ4v) is 5.83. The lowest BCUT2D eigenvalue weighted by atomic mass is 9.83. The lowest BCUT2D eigenvalue weighted by molar-refractivity contribution is -0.135. The number of ether oxygens (including phenoxy) is 2. The average molecular weight is 494 g/mol. The first kappa shape index (κ1) is 22.6. The van der Waals surface area contributed by atoms with Crippen LogP contribution in [0.25, 0.3) is 10.9 Å². The number of likely N-dealkylation sites (tertiary alicyclic amines) is 1. The van der Waals surface area contributed by atoms with Crippen LogP contribution < -0.4 is 0 Å². The van der Waals surface area contributed by atoms with E-state index in [1.807, 2.05) is 38.8 Å². The van der Waals surface area contributed by atoms with E-state index < -0.39 is 0 Å². The maximum absolute atomic E-state index is 13.7. The lowest BCUT2D eigenvalue weighted by Gasteiger charge is -2.39. The molecule has 0 unspecified atom stereocenters. The van der Waals surface area contributed by atoms with Gasteiger partial charge in [-0.05, 0) is 36.1 Å². The normalized spacial score (nSPS) is 19.3. The molecule has 2 amide bonds. The zero-order valence-electron chi connectivity index (χ0n) is 19.5. The molecule has 2 fully saturated rings. The zero-order chi connectivity index (χ0) is 24.0. The molecule has 7 nitrogen and oxygen atoms in total. The molecule has 0 bridgehead atoms. The van der Waals surface area contributed by atoms with E-state index in [0.717, 1.165) is 23.7 Å². The summed E-state index contributed by atoms with van der Waals surface area (Å²) in [5.41, 5.74) is 3.62. The summed E-state index contributed by atoms with van der Waals surface area (Å²) in [7, 11) is 0. The Balaban J connectivity index is 1.24. The van der Waals surface area contributed by atoms with Gasteiger partial charge in [-0.2, -0.15) is 0 Å². The average Bonchev–Trinajstić information content (AvgIpc) is 3.43. The van der Waals surface area contributed by atoms with Crippen LogP contribution in [0, 0.1) is 0 Å². The number of nitrogens with zero attached hydrogens (tertiary/aromatic N) is 3. The largest absolute Gasteiger partial charge is 0.378 e. The predicted molar refractivity (Wildman–Crippen MR) is 132 cm³/mol. The van der Waals surface area contributed by atoms with Gasteiger partial charge in [0.15, 0.2) is 0 Å². The summed E-state index contributed by atoms with van der Waals surface area (Å²) in [6.07, 6.45) is 3.36. The third-order valence-electron chi connectivity index (χ3n) is 7.61. The van der Waals surface area contributed by atoms with E-state index in [1.54, 1.807) is 6.07 Å². The van der Waals surface area contributed by atoms with Gasteiger partial charge in [0.05, 0.1) is 36.5 Å². The van der Waals surface area contributed by atoms with Gasteiger partial charge in [0.1, 0.15) is 6.54 Å². The number of amides is 2. The maximum Gasteiger partial charge on any atom is 0.256 e. The summed E-state index contributed by atoms with van der Waals surface area (Å²) in [5, 5.41) is 1.39. The number of fused-ring (bicyclic) bond motifs is 3. The summed E-state index contributed by atoms with van der Waals surface area (Å²) in [6.45, 7) is 4.33. The minimum atomic E-state index is -0.292. The van der Waals surface area contributed by atoms with Crippen molar-refractivity contribution in [1.29, 1.82) is 0 Å². The predicted octanol–water partition coefficient (Wildman–Crippen LogP) is 3.82. The van der Waals surface area contributed by atoms with Crippen molar-refractivity contribution in [2.24, 2.45) is 0 Å². The SMILES string of the molecule is O=C(Cn1cc(C(=O)N2CCC3(CC2)OCc2ccccc23)c2ccc(Cl)cc21)N1CCOCC1. The molecule has 4 heterocycles. The summed E-state index contributed by atoms with van der Waals surface area (Å²) < 4.78 is 13.5. The van der Waals surface area contributed by atoms with E-state index in [1.165, 1.54) is 11.1 Å². The maximum atomic E-state index is 13.7. The topological polar surface area (TPSA) is 64.0 Å². The van der Waals surface area contributed by atoms with Crippen LogP contribution in [0.15, 0.2) is 48.7 Å². The standard InChI is InChI=1S/C27H28ClN3O4/c28-20-5-6-21-22(16-31(24(21)15-20)17-25(32)29-11-13-34-14-12-29)26(33)30-9-7-27(8-10-30)23-4-2-1-3-19(23)18-35-27/h1-6,15-16H,7-14,17-18H2. The minimum Gasteiger partial charge on any atom is -0.378 e. The number of carbonyl (C=O) groups excluding carboxylic acids is 2. The first-order chi connectivity index (χ1) is 17.0. The Morgan fingerprint density at radius 3 is 2.54 bits per heavy atom. The molecule has 8 heteroatoms. The number of piperidine rings is 1. The van der Waals surface area contributed by atoms with Crippen LogP contribution in [0.1, 0.15) is 34.3 Å². The molecule has 35 heavy (non-hydrogen) atoms. The Hall–Kier alpha value is -2.87.